The number of nitrogens with one attached hydrogen (secondary N) is 2. The van der Waals surface area contributed by atoms with Gasteiger partial charge in [0.25, 0.3) is 0 Å². The molecule has 2 N–H and O–H groups in total. The first-order valence-corrected chi connectivity index (χ1v) is 7.83. The Balaban J connectivity index is 1.81. The highest BCUT2D eigenvalue weighted by molar-refractivity contribution is 6.30. The maximum absolute atomic E-state index is 12.0. The standard InChI is InChI=1S/C18H21ClN2O2/c1-13(16-7-9-17(19)10-8-16)21-18(22)20-11-14-3-5-15(6-4-14)12-23-2/h3-10,13H,11-12H2,1-2H3,(H2,20,21,22). The number of ether oxygens (including phenoxy) is 1. The van der Waals surface area contributed by atoms with Crippen LogP contribution in [0.25, 0.3) is 0 Å². The molecule has 0 saturated carbocycles. The maximum Gasteiger partial charge on any atom is 0.315 e. The van der Waals surface area contributed by atoms with Crippen molar-refractivity contribution in [1.82, 2.24) is 10.6 Å². The molecule has 0 aliphatic heterocycles. The van der Waals surface area contributed by atoms with E-state index in [1.54, 1.807) is 7.11 Å². The van der Waals surface area contributed by atoms with Crippen LogP contribution in [0.1, 0.15) is 29.7 Å². The van der Waals surface area contributed by atoms with Crippen LogP contribution in [0.5, 0.6) is 0 Å². The molecule has 5 heteroatoms. The Morgan fingerprint density at radius 2 is 1.70 bits per heavy atom. The fourth-order valence-corrected chi connectivity index (χ4v) is 2.31. The van der Waals surface area contributed by atoms with E-state index in [1.165, 1.54) is 0 Å². The molecule has 0 aliphatic carbocycles. The molecule has 2 aromatic carbocycles. The van der Waals surface area contributed by atoms with Gasteiger partial charge in [-0.25, -0.2) is 4.79 Å². The van der Waals surface area contributed by atoms with E-state index < -0.39 is 0 Å². The molecule has 0 heterocycles. The van der Waals surface area contributed by atoms with E-state index in [2.05, 4.69) is 10.6 Å². The predicted molar refractivity (Wildman–Crippen MR) is 92.4 cm³/mol. The van der Waals surface area contributed by atoms with Crippen LogP contribution >= 0.6 is 11.6 Å². The fourth-order valence-electron chi connectivity index (χ4n) is 2.18. The summed E-state index contributed by atoms with van der Waals surface area (Å²) in [5.74, 6) is 0. The molecule has 0 radical (unpaired) electrons. The average molecular weight is 333 g/mol. The van der Waals surface area contributed by atoms with Gasteiger partial charge in [0.05, 0.1) is 12.6 Å². The molecule has 2 rings (SSSR count). The summed E-state index contributed by atoms with van der Waals surface area (Å²) >= 11 is 5.86. The normalized spacial score (nSPS) is 11.8. The molecule has 122 valence electrons. The number of rotatable bonds is 6. The van der Waals surface area contributed by atoms with Crippen molar-refractivity contribution >= 4 is 17.6 Å². The number of halogens is 1. The number of carbonyl (C=O) groups excluding carboxylic acids is 1. The Morgan fingerprint density at radius 3 is 2.30 bits per heavy atom. The van der Waals surface area contributed by atoms with Gasteiger partial charge in [0.15, 0.2) is 0 Å². The Labute approximate surface area is 141 Å². The van der Waals surface area contributed by atoms with Crippen LogP contribution in [0.15, 0.2) is 48.5 Å². The molecule has 4 nitrogen and oxygen atoms in total. The van der Waals surface area contributed by atoms with Crippen LogP contribution in [0, 0.1) is 0 Å². The second-order valence-corrected chi connectivity index (χ2v) is 5.79. The first kappa shape index (κ1) is 17.3. The third kappa shape index (κ3) is 5.58. The molecule has 0 aromatic heterocycles. The lowest BCUT2D eigenvalue weighted by molar-refractivity contribution is 0.185. The van der Waals surface area contributed by atoms with Gasteiger partial charge in [-0.1, -0.05) is 48.0 Å². The third-order valence-corrected chi connectivity index (χ3v) is 3.76. The van der Waals surface area contributed by atoms with Crippen LogP contribution in [0.3, 0.4) is 0 Å². The number of methoxy groups -OCH3 is 1. The van der Waals surface area contributed by atoms with E-state index in [9.17, 15) is 4.79 Å². The molecule has 1 unspecified atom stereocenters. The van der Waals surface area contributed by atoms with Crippen molar-refractivity contribution in [3.63, 3.8) is 0 Å². The first-order valence-electron chi connectivity index (χ1n) is 7.45. The van der Waals surface area contributed by atoms with Gasteiger partial charge in [0, 0.05) is 18.7 Å². The number of amides is 2. The van der Waals surface area contributed by atoms with E-state index in [-0.39, 0.29) is 12.1 Å². The number of carbonyl (C=O) groups is 1. The quantitative estimate of drug-likeness (QED) is 0.838. The van der Waals surface area contributed by atoms with Crippen molar-refractivity contribution in [3.8, 4) is 0 Å². The van der Waals surface area contributed by atoms with Gasteiger partial charge in [-0.2, -0.15) is 0 Å². The second-order valence-electron chi connectivity index (χ2n) is 5.35. The summed E-state index contributed by atoms with van der Waals surface area (Å²) in [5.41, 5.74) is 3.16. The van der Waals surface area contributed by atoms with Crippen molar-refractivity contribution in [3.05, 3.63) is 70.2 Å². The molecule has 2 amide bonds. The van der Waals surface area contributed by atoms with Gasteiger partial charge in [0.1, 0.15) is 0 Å². The fraction of sp³-hybridized carbons (Fsp3) is 0.278. The van der Waals surface area contributed by atoms with E-state index >= 15 is 0 Å². The lowest BCUT2D eigenvalue weighted by Crippen LogP contribution is -2.36. The van der Waals surface area contributed by atoms with Gasteiger partial charge in [-0.05, 0) is 35.7 Å². The Hall–Kier alpha value is -2.04. The third-order valence-electron chi connectivity index (χ3n) is 3.50. The molecule has 23 heavy (non-hydrogen) atoms. The molecule has 2 aromatic rings. The van der Waals surface area contributed by atoms with Gasteiger partial charge < -0.3 is 15.4 Å². The number of benzene rings is 2. The summed E-state index contributed by atoms with van der Waals surface area (Å²) in [4.78, 5) is 12.0. The van der Waals surface area contributed by atoms with Crippen molar-refractivity contribution in [2.75, 3.05) is 7.11 Å². The van der Waals surface area contributed by atoms with E-state index in [1.807, 2.05) is 55.5 Å². The van der Waals surface area contributed by atoms with E-state index in [0.29, 0.717) is 18.2 Å². The molecular formula is C18H21ClN2O2. The van der Waals surface area contributed by atoms with E-state index in [4.69, 9.17) is 16.3 Å². The van der Waals surface area contributed by atoms with Gasteiger partial charge in [-0.3, -0.25) is 0 Å². The van der Waals surface area contributed by atoms with Crippen molar-refractivity contribution in [2.24, 2.45) is 0 Å². The summed E-state index contributed by atoms with van der Waals surface area (Å²) in [7, 11) is 1.67. The number of hydrogen-bond donors (Lipinski definition) is 2. The molecular weight excluding hydrogens is 312 g/mol. The van der Waals surface area contributed by atoms with Gasteiger partial charge in [0.2, 0.25) is 0 Å². The highest BCUT2D eigenvalue weighted by atomic mass is 35.5. The van der Waals surface area contributed by atoms with Crippen LogP contribution in [-0.4, -0.2) is 13.1 Å². The van der Waals surface area contributed by atoms with Crippen molar-refractivity contribution < 1.29 is 9.53 Å². The second kappa shape index (κ2) is 8.56. The van der Waals surface area contributed by atoms with Crippen LogP contribution < -0.4 is 10.6 Å². The van der Waals surface area contributed by atoms with Gasteiger partial charge in [-0.15, -0.1) is 0 Å². The van der Waals surface area contributed by atoms with Gasteiger partial charge >= 0.3 is 6.03 Å². The highest BCUT2D eigenvalue weighted by Gasteiger charge is 2.09. The Bertz CT molecular complexity index is 626. The summed E-state index contributed by atoms with van der Waals surface area (Å²) in [6.07, 6.45) is 0. The molecule has 1 atom stereocenters. The Kier molecular flexibility index (Phi) is 6.44. The van der Waals surface area contributed by atoms with Crippen LogP contribution in [0.2, 0.25) is 5.02 Å². The van der Waals surface area contributed by atoms with Crippen LogP contribution in [0.4, 0.5) is 4.79 Å². The minimum Gasteiger partial charge on any atom is -0.380 e. The lowest BCUT2D eigenvalue weighted by Gasteiger charge is -2.15. The SMILES string of the molecule is COCc1ccc(CNC(=O)NC(C)c2ccc(Cl)cc2)cc1. The zero-order valence-electron chi connectivity index (χ0n) is 13.3. The Morgan fingerprint density at radius 1 is 1.09 bits per heavy atom. The highest BCUT2D eigenvalue weighted by Crippen LogP contribution is 2.15. The smallest absolute Gasteiger partial charge is 0.315 e. The van der Waals surface area contributed by atoms with Crippen molar-refractivity contribution in [1.29, 1.82) is 0 Å². The minimum absolute atomic E-state index is 0.0867. The summed E-state index contributed by atoms with van der Waals surface area (Å²) < 4.78 is 5.07. The summed E-state index contributed by atoms with van der Waals surface area (Å²) in [5, 5.41) is 6.44. The zero-order valence-corrected chi connectivity index (χ0v) is 14.1. The molecule has 0 saturated heterocycles. The maximum atomic E-state index is 12.0. The zero-order chi connectivity index (χ0) is 16.7. The summed E-state index contributed by atoms with van der Waals surface area (Å²) in [6, 6.07) is 15.1. The van der Waals surface area contributed by atoms with Crippen molar-refractivity contribution in [2.45, 2.75) is 26.1 Å². The minimum atomic E-state index is -0.201. The lowest BCUT2D eigenvalue weighted by atomic mass is 10.1. The summed E-state index contributed by atoms with van der Waals surface area (Å²) in [6.45, 7) is 3.00. The molecule has 0 bridgehead atoms. The molecule has 0 spiro atoms. The first-order chi connectivity index (χ1) is 11.1. The molecule has 0 fully saturated rings. The predicted octanol–water partition coefficient (Wildman–Crippen LogP) is 4.05. The average Bonchev–Trinajstić information content (AvgIpc) is 2.55. The number of hydrogen-bond acceptors (Lipinski definition) is 2. The monoisotopic (exact) mass is 332 g/mol. The topological polar surface area (TPSA) is 50.4 Å². The number of urea groups is 1. The largest absolute Gasteiger partial charge is 0.380 e. The van der Waals surface area contributed by atoms with Crippen LogP contribution in [-0.2, 0) is 17.9 Å². The molecule has 0 aliphatic rings. The van der Waals surface area contributed by atoms with E-state index in [0.717, 1.165) is 16.7 Å².